The number of hydrogen-bond donors (Lipinski definition) is 3. The molecule has 0 aromatic carbocycles. The zero-order chi connectivity index (χ0) is 12.9. The first-order valence-electron chi connectivity index (χ1n) is 4.80. The first-order chi connectivity index (χ1) is 7.88. The summed E-state index contributed by atoms with van der Waals surface area (Å²) in [5, 5.41) is 2.48. The van der Waals surface area contributed by atoms with Gasteiger partial charge in [0, 0.05) is 30.9 Å². The first kappa shape index (κ1) is 13.4. The number of aromatic amines is 1. The second kappa shape index (κ2) is 5.60. The van der Waals surface area contributed by atoms with Crippen molar-refractivity contribution in [2.24, 2.45) is 0 Å². The molecule has 3 N–H and O–H groups in total. The van der Waals surface area contributed by atoms with E-state index in [4.69, 9.17) is 0 Å². The summed E-state index contributed by atoms with van der Waals surface area (Å²) in [7, 11) is -3.25. The van der Waals surface area contributed by atoms with E-state index in [-0.39, 0.29) is 24.2 Å². The second-order valence-corrected chi connectivity index (χ2v) is 5.20. The molecule has 0 saturated heterocycles. The molecule has 1 heterocycles. The Kier molecular flexibility index (Phi) is 4.41. The van der Waals surface area contributed by atoms with Gasteiger partial charge in [-0.25, -0.2) is 13.1 Å². The van der Waals surface area contributed by atoms with Crippen LogP contribution in [0.2, 0.25) is 0 Å². The fraction of sp³-hybridized carbons (Fsp3) is 0.333. The third-order valence-corrected chi connectivity index (χ3v) is 2.54. The fourth-order valence-corrected chi connectivity index (χ4v) is 1.57. The lowest BCUT2D eigenvalue weighted by atomic mass is 10.2. The molecule has 17 heavy (non-hydrogen) atoms. The highest BCUT2D eigenvalue weighted by molar-refractivity contribution is 7.88. The normalized spacial score (nSPS) is 11.1. The van der Waals surface area contributed by atoms with Gasteiger partial charge in [-0.05, 0) is 6.07 Å². The predicted octanol–water partition coefficient (Wildman–Crippen LogP) is -1.35. The number of hydrogen-bond acceptors (Lipinski definition) is 4. The minimum absolute atomic E-state index is 0.105. The van der Waals surface area contributed by atoms with E-state index in [0.717, 1.165) is 6.26 Å². The van der Waals surface area contributed by atoms with E-state index >= 15 is 0 Å². The van der Waals surface area contributed by atoms with Gasteiger partial charge in [0.05, 0.1) is 6.26 Å². The molecule has 0 unspecified atom stereocenters. The molecule has 0 fully saturated rings. The van der Waals surface area contributed by atoms with Crippen molar-refractivity contribution in [3.8, 4) is 0 Å². The van der Waals surface area contributed by atoms with Gasteiger partial charge >= 0.3 is 0 Å². The van der Waals surface area contributed by atoms with E-state index in [0.29, 0.717) is 0 Å². The van der Waals surface area contributed by atoms with E-state index in [1.54, 1.807) is 0 Å². The van der Waals surface area contributed by atoms with E-state index in [1.807, 2.05) is 0 Å². The van der Waals surface area contributed by atoms with E-state index in [1.165, 1.54) is 18.3 Å². The molecule has 1 rings (SSSR count). The van der Waals surface area contributed by atoms with Crippen molar-refractivity contribution in [1.82, 2.24) is 15.0 Å². The van der Waals surface area contributed by atoms with Crippen LogP contribution in [-0.4, -0.2) is 38.7 Å². The van der Waals surface area contributed by atoms with Crippen molar-refractivity contribution in [2.45, 2.75) is 0 Å². The maximum absolute atomic E-state index is 11.5. The van der Waals surface area contributed by atoms with E-state index in [9.17, 15) is 18.0 Å². The highest BCUT2D eigenvalue weighted by Gasteiger charge is 2.05. The lowest BCUT2D eigenvalue weighted by Crippen LogP contribution is -2.34. The van der Waals surface area contributed by atoms with Gasteiger partial charge in [0.25, 0.3) is 5.91 Å². The van der Waals surface area contributed by atoms with Crippen LogP contribution in [0.25, 0.3) is 0 Å². The summed E-state index contributed by atoms with van der Waals surface area (Å²) in [5.41, 5.74) is -0.139. The van der Waals surface area contributed by atoms with Gasteiger partial charge in [-0.1, -0.05) is 0 Å². The molecule has 8 heteroatoms. The number of aromatic nitrogens is 1. The third kappa shape index (κ3) is 5.27. The molecule has 0 radical (unpaired) electrons. The molecule has 0 aliphatic heterocycles. The van der Waals surface area contributed by atoms with Crippen molar-refractivity contribution >= 4 is 15.9 Å². The Bertz CT molecular complexity index is 549. The quantitative estimate of drug-likeness (QED) is 0.568. The van der Waals surface area contributed by atoms with Crippen molar-refractivity contribution in [3.63, 3.8) is 0 Å². The number of carbonyl (C=O) groups is 1. The summed E-state index contributed by atoms with van der Waals surface area (Å²) in [5.74, 6) is -0.425. The van der Waals surface area contributed by atoms with Crippen LogP contribution in [0.1, 0.15) is 10.4 Å². The molecule has 0 aliphatic carbocycles. The molecule has 0 aliphatic rings. The van der Waals surface area contributed by atoms with Gasteiger partial charge in [0.15, 0.2) is 0 Å². The first-order valence-corrected chi connectivity index (χ1v) is 6.69. The average molecular weight is 259 g/mol. The maximum Gasteiger partial charge on any atom is 0.251 e. The molecule has 1 amide bonds. The average Bonchev–Trinajstić information content (AvgIpc) is 2.23. The second-order valence-electron chi connectivity index (χ2n) is 3.36. The van der Waals surface area contributed by atoms with Crippen LogP contribution in [-0.2, 0) is 10.0 Å². The van der Waals surface area contributed by atoms with Crippen LogP contribution >= 0.6 is 0 Å². The topological polar surface area (TPSA) is 108 Å². The third-order valence-electron chi connectivity index (χ3n) is 1.81. The highest BCUT2D eigenvalue weighted by atomic mass is 32.2. The van der Waals surface area contributed by atoms with Crippen molar-refractivity contribution in [1.29, 1.82) is 0 Å². The molecular weight excluding hydrogens is 246 g/mol. The molecule has 0 atom stereocenters. The number of carbonyl (C=O) groups excluding carboxylic acids is 1. The van der Waals surface area contributed by atoms with Crippen molar-refractivity contribution < 1.29 is 13.2 Å². The minimum atomic E-state index is -3.25. The SMILES string of the molecule is CS(=O)(=O)NCCNC(=O)c1cc[nH]c(=O)c1. The summed E-state index contributed by atoms with van der Waals surface area (Å²) in [4.78, 5) is 24.8. The monoisotopic (exact) mass is 259 g/mol. The van der Waals surface area contributed by atoms with Crippen LogP contribution in [0.4, 0.5) is 0 Å². The van der Waals surface area contributed by atoms with Crippen molar-refractivity contribution in [3.05, 3.63) is 34.2 Å². The van der Waals surface area contributed by atoms with E-state index in [2.05, 4.69) is 15.0 Å². The maximum atomic E-state index is 11.5. The Balaban J connectivity index is 2.43. The van der Waals surface area contributed by atoms with Gasteiger partial charge in [-0.3, -0.25) is 9.59 Å². The molecule has 7 nitrogen and oxygen atoms in total. The summed E-state index contributed by atoms with van der Waals surface area (Å²) >= 11 is 0. The number of sulfonamides is 1. The molecule has 94 valence electrons. The highest BCUT2D eigenvalue weighted by Crippen LogP contribution is 1.91. The molecule has 1 aromatic rings. The lowest BCUT2D eigenvalue weighted by molar-refractivity contribution is 0.0954. The van der Waals surface area contributed by atoms with Crippen LogP contribution in [0.15, 0.2) is 23.1 Å². The number of rotatable bonds is 5. The lowest BCUT2D eigenvalue weighted by Gasteiger charge is -2.05. The van der Waals surface area contributed by atoms with Gasteiger partial charge < -0.3 is 10.3 Å². The summed E-state index contributed by atoms with van der Waals surface area (Å²) in [6.07, 6.45) is 2.40. The van der Waals surface area contributed by atoms with E-state index < -0.39 is 15.9 Å². The fourth-order valence-electron chi connectivity index (χ4n) is 1.10. The van der Waals surface area contributed by atoms with Gasteiger partial charge in [-0.15, -0.1) is 0 Å². The Morgan fingerprint density at radius 3 is 2.71 bits per heavy atom. The number of amides is 1. The molecule has 0 spiro atoms. The Labute approximate surface area is 98.3 Å². The summed E-state index contributed by atoms with van der Waals surface area (Å²) in [6.45, 7) is 0.256. The zero-order valence-electron chi connectivity index (χ0n) is 9.19. The standard InChI is InChI=1S/C9H13N3O4S/c1-17(15,16)12-5-4-11-9(14)7-2-3-10-8(13)6-7/h2-3,6,12H,4-5H2,1H3,(H,10,13)(H,11,14). The van der Waals surface area contributed by atoms with Crippen LogP contribution in [0.5, 0.6) is 0 Å². The minimum Gasteiger partial charge on any atom is -0.351 e. The smallest absolute Gasteiger partial charge is 0.251 e. The Morgan fingerprint density at radius 2 is 2.12 bits per heavy atom. The van der Waals surface area contributed by atoms with Gasteiger partial charge in [-0.2, -0.15) is 0 Å². The number of nitrogens with one attached hydrogen (secondary N) is 3. The van der Waals surface area contributed by atoms with Crippen LogP contribution in [0.3, 0.4) is 0 Å². The molecule has 0 bridgehead atoms. The van der Waals surface area contributed by atoms with Crippen LogP contribution in [0, 0.1) is 0 Å². The molecule has 1 aromatic heterocycles. The number of H-pyrrole nitrogens is 1. The predicted molar refractivity (Wildman–Crippen MR) is 62.2 cm³/mol. The Morgan fingerprint density at radius 1 is 1.41 bits per heavy atom. The number of pyridine rings is 1. The summed E-state index contributed by atoms with van der Waals surface area (Å²) < 4.78 is 23.7. The largest absolute Gasteiger partial charge is 0.351 e. The van der Waals surface area contributed by atoms with Crippen LogP contribution < -0.4 is 15.6 Å². The molecular formula is C9H13N3O4S. The van der Waals surface area contributed by atoms with Crippen molar-refractivity contribution in [2.75, 3.05) is 19.3 Å². The van der Waals surface area contributed by atoms with Gasteiger partial charge in [0.1, 0.15) is 0 Å². The zero-order valence-corrected chi connectivity index (χ0v) is 10.0. The molecule has 0 saturated carbocycles. The van der Waals surface area contributed by atoms with Gasteiger partial charge in [0.2, 0.25) is 15.6 Å². The Hall–Kier alpha value is -1.67. The summed E-state index contributed by atoms with van der Waals surface area (Å²) in [6, 6.07) is 2.63.